The number of aryl methyl sites for hydroxylation is 1. The lowest BCUT2D eigenvalue weighted by atomic mass is 10.00. The second-order valence-electron chi connectivity index (χ2n) is 7.73. The Morgan fingerprint density at radius 1 is 0.970 bits per heavy atom. The van der Waals surface area contributed by atoms with Crippen LogP contribution in [0.4, 0.5) is 4.39 Å². The molecule has 0 saturated carbocycles. The van der Waals surface area contributed by atoms with Crippen LogP contribution in [0.25, 0.3) is 11.1 Å². The van der Waals surface area contributed by atoms with Gasteiger partial charge in [0, 0.05) is 23.6 Å². The number of benzene rings is 3. The lowest BCUT2D eigenvalue weighted by molar-refractivity contribution is 0.0695. The number of phenolic OH excluding ortho intramolecular Hbond substituents is 1. The molecule has 33 heavy (non-hydrogen) atoms. The van der Waals surface area contributed by atoms with Crippen molar-refractivity contribution in [2.75, 3.05) is 13.2 Å². The van der Waals surface area contributed by atoms with Gasteiger partial charge in [-0.25, -0.2) is 9.18 Å². The normalized spacial score (nSPS) is 10.8. The number of rotatable bonds is 11. The van der Waals surface area contributed by atoms with Gasteiger partial charge in [-0.05, 0) is 54.3 Å². The minimum atomic E-state index is -0.955. The Hall–Kier alpha value is -3.54. The first-order valence-corrected chi connectivity index (χ1v) is 11.2. The van der Waals surface area contributed by atoms with Crippen molar-refractivity contribution in [1.29, 1.82) is 0 Å². The Kier molecular flexibility index (Phi) is 8.30. The van der Waals surface area contributed by atoms with Gasteiger partial charge in [0.1, 0.15) is 23.1 Å². The summed E-state index contributed by atoms with van der Waals surface area (Å²) >= 11 is 0. The van der Waals surface area contributed by atoms with Gasteiger partial charge in [-0.2, -0.15) is 0 Å². The molecular formula is C27H29FO5. The third kappa shape index (κ3) is 6.04. The second kappa shape index (κ2) is 11.4. The van der Waals surface area contributed by atoms with Crippen LogP contribution < -0.4 is 9.47 Å². The molecule has 0 bridgehead atoms. The number of phenols is 1. The molecule has 0 aromatic heterocycles. The average molecular weight is 453 g/mol. The van der Waals surface area contributed by atoms with Crippen LogP contribution in [0.3, 0.4) is 0 Å². The molecule has 5 nitrogen and oxygen atoms in total. The van der Waals surface area contributed by atoms with Crippen LogP contribution >= 0.6 is 0 Å². The number of carbonyl (C=O) groups is 1. The van der Waals surface area contributed by atoms with Crippen molar-refractivity contribution in [2.24, 2.45) is 0 Å². The van der Waals surface area contributed by atoms with Crippen LogP contribution in [0, 0.1) is 5.82 Å². The first-order chi connectivity index (χ1) is 15.9. The fourth-order valence-electron chi connectivity index (χ4n) is 3.72. The Morgan fingerprint density at radius 2 is 1.67 bits per heavy atom. The summed E-state index contributed by atoms with van der Waals surface area (Å²) in [6, 6.07) is 14.5. The van der Waals surface area contributed by atoms with E-state index in [9.17, 15) is 19.4 Å². The van der Waals surface area contributed by atoms with Crippen molar-refractivity contribution >= 4 is 5.97 Å². The van der Waals surface area contributed by atoms with E-state index in [4.69, 9.17) is 9.47 Å². The molecule has 0 unspecified atom stereocenters. The summed E-state index contributed by atoms with van der Waals surface area (Å²) in [5.74, 6) is -0.0247. The number of ether oxygens (including phenoxy) is 2. The molecule has 3 aromatic rings. The summed E-state index contributed by atoms with van der Waals surface area (Å²) in [5, 5.41) is 19.9. The molecule has 0 heterocycles. The Morgan fingerprint density at radius 3 is 2.30 bits per heavy atom. The Labute approximate surface area is 193 Å². The number of aromatic carboxylic acids is 1. The van der Waals surface area contributed by atoms with Crippen molar-refractivity contribution in [3.63, 3.8) is 0 Å². The van der Waals surface area contributed by atoms with Crippen LogP contribution in [-0.2, 0) is 12.8 Å². The molecule has 0 saturated heterocycles. The highest BCUT2D eigenvalue weighted by Crippen LogP contribution is 2.36. The number of aromatic hydroxyl groups is 1. The molecule has 3 aromatic carbocycles. The summed E-state index contributed by atoms with van der Waals surface area (Å²) in [7, 11) is 0. The molecule has 0 aliphatic carbocycles. The number of halogens is 1. The highest BCUT2D eigenvalue weighted by Gasteiger charge is 2.15. The predicted molar refractivity (Wildman–Crippen MR) is 126 cm³/mol. The highest BCUT2D eigenvalue weighted by atomic mass is 19.1. The zero-order valence-electron chi connectivity index (χ0n) is 18.9. The van der Waals surface area contributed by atoms with Gasteiger partial charge in [0.25, 0.3) is 0 Å². The summed E-state index contributed by atoms with van der Waals surface area (Å²) in [6.45, 7) is 4.75. The van der Waals surface area contributed by atoms with Gasteiger partial charge >= 0.3 is 5.97 Å². The largest absolute Gasteiger partial charge is 0.507 e. The topological polar surface area (TPSA) is 76.0 Å². The number of hydrogen-bond donors (Lipinski definition) is 2. The van der Waals surface area contributed by atoms with Crippen LogP contribution in [0.1, 0.15) is 48.2 Å². The summed E-state index contributed by atoms with van der Waals surface area (Å²) in [6.07, 6.45) is 2.75. The number of hydrogen-bond acceptors (Lipinski definition) is 4. The first-order valence-electron chi connectivity index (χ1n) is 11.2. The first kappa shape index (κ1) is 24.1. The quantitative estimate of drug-likeness (QED) is 0.336. The molecule has 0 aliphatic heterocycles. The highest BCUT2D eigenvalue weighted by molar-refractivity contribution is 5.90. The fourth-order valence-corrected chi connectivity index (χ4v) is 3.72. The molecule has 0 atom stereocenters. The fraction of sp³-hybridized carbons (Fsp3) is 0.296. The van der Waals surface area contributed by atoms with E-state index in [0.717, 1.165) is 17.5 Å². The van der Waals surface area contributed by atoms with E-state index in [1.165, 1.54) is 12.1 Å². The van der Waals surface area contributed by atoms with Gasteiger partial charge < -0.3 is 19.7 Å². The van der Waals surface area contributed by atoms with Gasteiger partial charge in [0.15, 0.2) is 0 Å². The van der Waals surface area contributed by atoms with Crippen LogP contribution in [0.2, 0.25) is 0 Å². The molecule has 174 valence electrons. The molecule has 6 heteroatoms. The zero-order valence-corrected chi connectivity index (χ0v) is 18.9. The van der Waals surface area contributed by atoms with Crippen molar-refractivity contribution in [1.82, 2.24) is 0 Å². The third-order valence-electron chi connectivity index (χ3n) is 5.38. The minimum Gasteiger partial charge on any atom is -0.507 e. The minimum absolute atomic E-state index is 0.0692. The molecule has 3 rings (SSSR count). The Bertz CT molecular complexity index is 1090. The third-order valence-corrected chi connectivity index (χ3v) is 5.38. The average Bonchev–Trinajstić information content (AvgIpc) is 2.80. The zero-order chi connectivity index (χ0) is 23.8. The van der Waals surface area contributed by atoms with Crippen LogP contribution in [-0.4, -0.2) is 29.4 Å². The van der Waals surface area contributed by atoms with Crippen molar-refractivity contribution in [3.8, 4) is 28.4 Å². The molecule has 0 radical (unpaired) electrons. The number of carboxylic acid groups (broad SMARTS) is 1. The van der Waals surface area contributed by atoms with E-state index < -0.39 is 5.97 Å². The lowest BCUT2D eigenvalue weighted by Crippen LogP contribution is -2.09. The van der Waals surface area contributed by atoms with Crippen LogP contribution in [0.15, 0.2) is 54.6 Å². The predicted octanol–water partition coefficient (Wildman–Crippen LogP) is 6.26. The van der Waals surface area contributed by atoms with Gasteiger partial charge in [-0.15, -0.1) is 0 Å². The molecule has 0 spiro atoms. The molecule has 2 N–H and O–H groups in total. The summed E-state index contributed by atoms with van der Waals surface area (Å²) in [4.78, 5) is 11.5. The maximum absolute atomic E-state index is 13.2. The van der Waals surface area contributed by atoms with E-state index >= 15 is 0 Å². The van der Waals surface area contributed by atoms with Gasteiger partial charge in [0.2, 0.25) is 0 Å². The van der Waals surface area contributed by atoms with Crippen LogP contribution in [0.5, 0.6) is 17.2 Å². The molecule has 0 amide bonds. The van der Waals surface area contributed by atoms with E-state index in [-0.39, 0.29) is 17.1 Å². The van der Waals surface area contributed by atoms with Crippen molar-refractivity contribution in [2.45, 2.75) is 39.5 Å². The summed E-state index contributed by atoms with van der Waals surface area (Å²) < 4.78 is 25.0. The molecular weight excluding hydrogens is 423 g/mol. The summed E-state index contributed by atoms with van der Waals surface area (Å²) in [5.41, 5.74) is 3.28. The van der Waals surface area contributed by atoms with E-state index in [2.05, 4.69) is 0 Å². The second-order valence-corrected chi connectivity index (χ2v) is 7.73. The van der Waals surface area contributed by atoms with Gasteiger partial charge in [-0.3, -0.25) is 0 Å². The van der Waals surface area contributed by atoms with Crippen molar-refractivity contribution in [3.05, 3.63) is 77.1 Å². The molecule has 0 fully saturated rings. The lowest BCUT2D eigenvalue weighted by Gasteiger charge is -2.15. The SMILES string of the molecule is CCCc1c(OCCCOc2cc(O)c(-c3ccc(F)cc3)cc2CC)cccc1C(=O)O. The van der Waals surface area contributed by atoms with E-state index in [1.54, 1.807) is 36.4 Å². The molecule has 0 aliphatic rings. The maximum atomic E-state index is 13.2. The monoisotopic (exact) mass is 452 g/mol. The van der Waals surface area contributed by atoms with Gasteiger partial charge in [0.05, 0.1) is 18.8 Å². The van der Waals surface area contributed by atoms with E-state index in [1.807, 2.05) is 19.9 Å². The number of carboxylic acids is 1. The standard InChI is InChI=1S/C27H29FO5/c1-3-7-21-22(27(30)31)8-5-9-25(21)32-14-6-15-33-26-17-24(29)23(16-18(26)4-2)19-10-12-20(28)13-11-19/h5,8-13,16-17,29H,3-4,6-7,14-15H2,1-2H3,(H,30,31). The Balaban J connectivity index is 1.62. The smallest absolute Gasteiger partial charge is 0.336 e. The van der Waals surface area contributed by atoms with Gasteiger partial charge in [-0.1, -0.05) is 38.5 Å². The van der Waals surface area contributed by atoms with E-state index in [0.29, 0.717) is 55.1 Å². The van der Waals surface area contributed by atoms with Crippen molar-refractivity contribution < 1.29 is 28.9 Å². The maximum Gasteiger partial charge on any atom is 0.336 e.